The van der Waals surface area contributed by atoms with Gasteiger partial charge in [0.05, 0.1) is 5.56 Å². The van der Waals surface area contributed by atoms with Crippen LogP contribution in [-0.2, 0) is 6.42 Å². The largest absolute Gasteiger partial charge is 0.478 e. The first-order valence-corrected chi connectivity index (χ1v) is 5.64. The zero-order chi connectivity index (χ0) is 12.3. The number of carbonyl (C=O) groups is 1. The molecule has 0 aliphatic heterocycles. The zero-order valence-corrected chi connectivity index (χ0v) is 9.68. The summed E-state index contributed by atoms with van der Waals surface area (Å²) in [5.74, 6) is -0.860. The lowest BCUT2D eigenvalue weighted by molar-refractivity contribution is 0.0696. The molecular formula is C15H14O2. The molecular weight excluding hydrogens is 212 g/mol. The van der Waals surface area contributed by atoms with E-state index in [0.29, 0.717) is 5.56 Å². The Hall–Kier alpha value is -2.09. The van der Waals surface area contributed by atoms with E-state index in [2.05, 4.69) is 0 Å². The molecule has 2 heteroatoms. The highest BCUT2D eigenvalue weighted by Gasteiger charge is 2.09. The normalized spacial score (nSPS) is 10.2. The smallest absolute Gasteiger partial charge is 0.335 e. The molecule has 0 saturated carbocycles. The minimum Gasteiger partial charge on any atom is -0.478 e. The van der Waals surface area contributed by atoms with Crippen LogP contribution in [0.1, 0.15) is 22.8 Å². The van der Waals surface area contributed by atoms with E-state index >= 15 is 0 Å². The maximum atomic E-state index is 11.0. The van der Waals surface area contributed by atoms with Gasteiger partial charge in [0.2, 0.25) is 0 Å². The molecule has 2 rings (SSSR count). The Morgan fingerprint density at radius 3 is 2.35 bits per heavy atom. The van der Waals surface area contributed by atoms with Crippen LogP contribution in [0, 0.1) is 0 Å². The van der Waals surface area contributed by atoms with Crippen LogP contribution in [0.5, 0.6) is 0 Å². The predicted octanol–water partition coefficient (Wildman–Crippen LogP) is 3.61. The molecule has 0 aliphatic carbocycles. The quantitative estimate of drug-likeness (QED) is 0.868. The van der Waals surface area contributed by atoms with Gasteiger partial charge in [0.15, 0.2) is 0 Å². The van der Waals surface area contributed by atoms with E-state index in [4.69, 9.17) is 5.11 Å². The second kappa shape index (κ2) is 4.83. The molecule has 0 spiro atoms. The summed E-state index contributed by atoms with van der Waals surface area (Å²) in [6, 6.07) is 15.5. The Balaban J connectivity index is 2.49. The molecule has 86 valence electrons. The molecule has 2 aromatic carbocycles. The van der Waals surface area contributed by atoms with Gasteiger partial charge in [-0.2, -0.15) is 0 Å². The number of aryl methyl sites for hydroxylation is 1. The highest BCUT2D eigenvalue weighted by molar-refractivity contribution is 5.90. The first-order chi connectivity index (χ1) is 8.22. The molecule has 2 nitrogen and oxygen atoms in total. The van der Waals surface area contributed by atoms with Gasteiger partial charge >= 0.3 is 5.97 Å². The van der Waals surface area contributed by atoms with Crippen LogP contribution in [0.25, 0.3) is 11.1 Å². The SMILES string of the molecule is CCc1cc(-c2ccccc2)ccc1C(=O)O. The molecule has 17 heavy (non-hydrogen) atoms. The number of carboxylic acid groups (broad SMARTS) is 1. The standard InChI is InChI=1S/C15H14O2/c1-2-11-10-13(8-9-14(11)15(16)17)12-6-4-3-5-7-12/h3-10H,2H2,1H3,(H,16,17). The van der Waals surface area contributed by atoms with Gasteiger partial charge in [-0.15, -0.1) is 0 Å². The molecule has 0 atom stereocenters. The zero-order valence-electron chi connectivity index (χ0n) is 9.68. The molecule has 1 N–H and O–H groups in total. The van der Waals surface area contributed by atoms with E-state index in [-0.39, 0.29) is 0 Å². The van der Waals surface area contributed by atoms with Crippen molar-refractivity contribution in [2.24, 2.45) is 0 Å². The van der Waals surface area contributed by atoms with Gasteiger partial charge in [-0.25, -0.2) is 4.79 Å². The minimum absolute atomic E-state index is 0.396. The fourth-order valence-corrected chi connectivity index (χ4v) is 1.91. The average Bonchev–Trinajstić information content (AvgIpc) is 2.39. The molecule has 0 amide bonds. The monoisotopic (exact) mass is 226 g/mol. The molecule has 0 radical (unpaired) electrons. The average molecular weight is 226 g/mol. The number of hydrogen-bond donors (Lipinski definition) is 1. The number of carboxylic acids is 1. The van der Waals surface area contributed by atoms with E-state index < -0.39 is 5.97 Å². The summed E-state index contributed by atoms with van der Waals surface area (Å²) in [5, 5.41) is 9.06. The second-order valence-electron chi connectivity index (χ2n) is 3.90. The van der Waals surface area contributed by atoms with Crippen molar-refractivity contribution in [3.8, 4) is 11.1 Å². The first-order valence-electron chi connectivity index (χ1n) is 5.64. The molecule has 2 aromatic rings. The van der Waals surface area contributed by atoms with Crippen LogP contribution >= 0.6 is 0 Å². The molecule has 0 aliphatic rings. The summed E-state index contributed by atoms with van der Waals surface area (Å²) >= 11 is 0. The lowest BCUT2D eigenvalue weighted by Gasteiger charge is -2.07. The van der Waals surface area contributed by atoms with E-state index in [1.807, 2.05) is 49.4 Å². The lowest BCUT2D eigenvalue weighted by Crippen LogP contribution is -2.01. The third kappa shape index (κ3) is 2.36. The molecule has 0 fully saturated rings. The van der Waals surface area contributed by atoms with Crippen molar-refractivity contribution >= 4 is 5.97 Å². The van der Waals surface area contributed by atoms with Crippen molar-refractivity contribution in [3.05, 3.63) is 59.7 Å². The van der Waals surface area contributed by atoms with Crippen LogP contribution in [-0.4, -0.2) is 11.1 Å². The van der Waals surface area contributed by atoms with Crippen molar-refractivity contribution in [1.29, 1.82) is 0 Å². The van der Waals surface area contributed by atoms with Crippen LogP contribution in [0.15, 0.2) is 48.5 Å². The van der Waals surface area contributed by atoms with Gasteiger partial charge in [0, 0.05) is 0 Å². The van der Waals surface area contributed by atoms with Crippen molar-refractivity contribution in [3.63, 3.8) is 0 Å². The molecule has 0 bridgehead atoms. The third-order valence-electron chi connectivity index (χ3n) is 2.82. The summed E-state index contributed by atoms with van der Waals surface area (Å²) < 4.78 is 0. The van der Waals surface area contributed by atoms with E-state index in [1.165, 1.54) is 0 Å². The maximum Gasteiger partial charge on any atom is 0.335 e. The Morgan fingerprint density at radius 2 is 1.76 bits per heavy atom. The topological polar surface area (TPSA) is 37.3 Å². The lowest BCUT2D eigenvalue weighted by atomic mass is 9.98. The van der Waals surface area contributed by atoms with Gasteiger partial charge in [-0.3, -0.25) is 0 Å². The van der Waals surface area contributed by atoms with Crippen molar-refractivity contribution < 1.29 is 9.90 Å². The molecule has 0 saturated heterocycles. The van der Waals surface area contributed by atoms with Crippen LogP contribution in [0.3, 0.4) is 0 Å². The number of aromatic carboxylic acids is 1. The van der Waals surface area contributed by atoms with Gasteiger partial charge in [0.25, 0.3) is 0 Å². The fraction of sp³-hybridized carbons (Fsp3) is 0.133. The second-order valence-corrected chi connectivity index (χ2v) is 3.90. The van der Waals surface area contributed by atoms with E-state index in [0.717, 1.165) is 23.1 Å². The van der Waals surface area contributed by atoms with Gasteiger partial charge in [-0.1, -0.05) is 49.4 Å². The fourth-order valence-electron chi connectivity index (χ4n) is 1.91. The van der Waals surface area contributed by atoms with Crippen LogP contribution < -0.4 is 0 Å². The summed E-state index contributed by atoms with van der Waals surface area (Å²) in [6.07, 6.45) is 0.725. The van der Waals surface area contributed by atoms with E-state index in [1.54, 1.807) is 6.07 Å². The summed E-state index contributed by atoms with van der Waals surface area (Å²) in [6.45, 7) is 1.97. The van der Waals surface area contributed by atoms with Crippen molar-refractivity contribution in [1.82, 2.24) is 0 Å². The highest BCUT2D eigenvalue weighted by Crippen LogP contribution is 2.22. The third-order valence-corrected chi connectivity index (χ3v) is 2.82. The summed E-state index contributed by atoms with van der Waals surface area (Å²) in [7, 11) is 0. The van der Waals surface area contributed by atoms with Crippen LogP contribution in [0.2, 0.25) is 0 Å². The maximum absolute atomic E-state index is 11.0. The first kappa shape index (κ1) is 11.4. The summed E-state index contributed by atoms with van der Waals surface area (Å²) in [5.41, 5.74) is 3.44. The van der Waals surface area contributed by atoms with Gasteiger partial charge in [-0.05, 0) is 29.2 Å². The number of benzene rings is 2. The van der Waals surface area contributed by atoms with Crippen molar-refractivity contribution in [2.75, 3.05) is 0 Å². The summed E-state index contributed by atoms with van der Waals surface area (Å²) in [4.78, 5) is 11.0. The van der Waals surface area contributed by atoms with Gasteiger partial charge < -0.3 is 5.11 Å². The molecule has 0 aromatic heterocycles. The minimum atomic E-state index is -0.860. The number of rotatable bonds is 3. The Morgan fingerprint density at radius 1 is 1.06 bits per heavy atom. The molecule has 0 heterocycles. The number of hydrogen-bond acceptors (Lipinski definition) is 1. The predicted molar refractivity (Wildman–Crippen MR) is 68.2 cm³/mol. The van der Waals surface area contributed by atoms with Crippen LogP contribution in [0.4, 0.5) is 0 Å². The van der Waals surface area contributed by atoms with E-state index in [9.17, 15) is 4.79 Å². The molecule has 0 unspecified atom stereocenters. The van der Waals surface area contributed by atoms with Gasteiger partial charge in [0.1, 0.15) is 0 Å². The van der Waals surface area contributed by atoms with Crippen molar-refractivity contribution in [2.45, 2.75) is 13.3 Å². The Kier molecular flexibility index (Phi) is 3.24. The Bertz CT molecular complexity index is 530. The highest BCUT2D eigenvalue weighted by atomic mass is 16.4. The Labute approximate surface area is 101 Å².